The summed E-state index contributed by atoms with van der Waals surface area (Å²) in [7, 11) is 0. The molecule has 0 heterocycles. The number of aliphatic hydroxyl groups is 1. The Kier molecular flexibility index (Phi) is 3.45. The third-order valence-electron chi connectivity index (χ3n) is 2.64. The summed E-state index contributed by atoms with van der Waals surface area (Å²) in [6.45, 7) is 1.98. The van der Waals surface area contributed by atoms with E-state index in [1.165, 1.54) is 0 Å². The Morgan fingerprint density at radius 1 is 1.06 bits per heavy atom. The fourth-order valence-corrected chi connectivity index (χ4v) is 1.67. The Bertz CT molecular complexity index is 628. The molecule has 0 spiro atoms. The summed E-state index contributed by atoms with van der Waals surface area (Å²) >= 11 is 0. The van der Waals surface area contributed by atoms with Crippen LogP contribution in [0.1, 0.15) is 27.0 Å². The number of benzene rings is 2. The number of ketones is 1. The van der Waals surface area contributed by atoms with E-state index in [4.69, 9.17) is 5.11 Å². The third kappa shape index (κ3) is 2.58. The van der Waals surface area contributed by atoms with Crippen molar-refractivity contribution >= 4 is 5.78 Å². The zero-order valence-electron chi connectivity index (χ0n) is 9.97. The topological polar surface area (TPSA) is 37.3 Å². The Hall–Kier alpha value is -2.53. The molecule has 0 saturated heterocycles. The highest BCUT2D eigenvalue weighted by Gasteiger charge is 2.08. The van der Waals surface area contributed by atoms with E-state index in [-0.39, 0.29) is 5.78 Å². The largest absolute Gasteiger partial charge is 0.462 e. The minimum Gasteiger partial charge on any atom is -0.462 e. The highest BCUT2D eigenvalue weighted by Crippen LogP contribution is 2.12. The number of aliphatic hydroxyl groups excluding tert-OH is 1. The highest BCUT2D eigenvalue weighted by atomic mass is 16.2. The van der Waals surface area contributed by atoms with Gasteiger partial charge in [-0.05, 0) is 25.0 Å². The van der Waals surface area contributed by atoms with Gasteiger partial charge in [0, 0.05) is 16.7 Å². The molecular formula is C16H12O2. The van der Waals surface area contributed by atoms with Crippen LogP contribution in [0.2, 0.25) is 0 Å². The van der Waals surface area contributed by atoms with Crippen molar-refractivity contribution in [2.45, 2.75) is 6.92 Å². The quantitative estimate of drug-likeness (QED) is 0.643. The second kappa shape index (κ2) is 5.20. The molecule has 0 saturated carbocycles. The summed E-state index contributed by atoms with van der Waals surface area (Å²) in [6.07, 6.45) is 1.84. The van der Waals surface area contributed by atoms with Gasteiger partial charge in [-0.3, -0.25) is 4.79 Å². The Morgan fingerprint density at radius 2 is 1.78 bits per heavy atom. The first-order valence-corrected chi connectivity index (χ1v) is 5.57. The zero-order valence-corrected chi connectivity index (χ0v) is 9.97. The molecule has 2 nitrogen and oxygen atoms in total. The minimum absolute atomic E-state index is 0.0448. The smallest absolute Gasteiger partial charge is 0.193 e. The van der Waals surface area contributed by atoms with Gasteiger partial charge in [-0.25, -0.2) is 0 Å². The molecule has 0 aliphatic rings. The molecule has 0 amide bonds. The van der Waals surface area contributed by atoms with Crippen LogP contribution in [0.15, 0.2) is 48.5 Å². The molecule has 2 aromatic rings. The molecule has 0 atom stereocenters. The molecule has 0 unspecified atom stereocenters. The Balaban J connectivity index is 2.35. The Labute approximate surface area is 106 Å². The number of hydrogen-bond donors (Lipinski definition) is 1. The van der Waals surface area contributed by atoms with Crippen molar-refractivity contribution in [1.82, 2.24) is 0 Å². The van der Waals surface area contributed by atoms with Gasteiger partial charge in [0.25, 0.3) is 0 Å². The van der Waals surface area contributed by atoms with Crippen molar-refractivity contribution in [3.05, 3.63) is 70.8 Å². The van der Waals surface area contributed by atoms with Crippen LogP contribution in [0.3, 0.4) is 0 Å². The van der Waals surface area contributed by atoms with Crippen molar-refractivity contribution in [2.75, 3.05) is 0 Å². The van der Waals surface area contributed by atoms with Gasteiger partial charge in [0.15, 0.2) is 5.78 Å². The van der Waals surface area contributed by atoms with Crippen LogP contribution >= 0.6 is 0 Å². The molecule has 0 aliphatic carbocycles. The van der Waals surface area contributed by atoms with Gasteiger partial charge in [-0.1, -0.05) is 42.0 Å². The first kappa shape index (κ1) is 11.9. The van der Waals surface area contributed by atoms with Crippen molar-refractivity contribution in [3.63, 3.8) is 0 Å². The van der Waals surface area contributed by atoms with Crippen LogP contribution in [0.5, 0.6) is 0 Å². The van der Waals surface area contributed by atoms with Gasteiger partial charge in [0.2, 0.25) is 0 Å². The van der Waals surface area contributed by atoms with Crippen LogP contribution in [0.25, 0.3) is 0 Å². The van der Waals surface area contributed by atoms with Gasteiger partial charge in [0.1, 0.15) is 6.11 Å². The monoisotopic (exact) mass is 236 g/mol. The molecule has 0 bridgehead atoms. The van der Waals surface area contributed by atoms with E-state index < -0.39 is 0 Å². The molecule has 0 aromatic heterocycles. The predicted octanol–water partition coefficient (Wildman–Crippen LogP) is 2.91. The van der Waals surface area contributed by atoms with E-state index in [2.05, 4.69) is 5.92 Å². The lowest BCUT2D eigenvalue weighted by atomic mass is 10.0. The van der Waals surface area contributed by atoms with Gasteiger partial charge in [0.05, 0.1) is 0 Å². The van der Waals surface area contributed by atoms with E-state index in [0.717, 1.165) is 5.56 Å². The first-order valence-electron chi connectivity index (χ1n) is 5.57. The number of carbonyl (C=O) groups is 1. The van der Waals surface area contributed by atoms with Crippen molar-refractivity contribution < 1.29 is 9.90 Å². The second-order valence-electron chi connectivity index (χ2n) is 4.01. The molecule has 0 aliphatic heterocycles. The fourth-order valence-electron chi connectivity index (χ4n) is 1.67. The lowest BCUT2D eigenvalue weighted by Crippen LogP contribution is -2.01. The lowest BCUT2D eigenvalue weighted by Gasteiger charge is -2.02. The first-order chi connectivity index (χ1) is 8.70. The molecule has 0 radical (unpaired) electrons. The maximum Gasteiger partial charge on any atom is 0.193 e. The number of carbonyl (C=O) groups excluding carboxylic acids is 1. The highest BCUT2D eigenvalue weighted by molar-refractivity contribution is 6.09. The summed E-state index contributed by atoms with van der Waals surface area (Å²) in [5, 5.41) is 8.55. The average molecular weight is 236 g/mol. The zero-order chi connectivity index (χ0) is 13.0. The summed E-state index contributed by atoms with van der Waals surface area (Å²) in [4.78, 5) is 12.2. The standard InChI is InChI=1S/C16H12O2/c1-12-5-7-14(8-6-12)16(18)15-4-2-3-13(11-15)9-10-17/h2-8,11,17H,1H3. The number of rotatable bonds is 2. The summed E-state index contributed by atoms with van der Waals surface area (Å²) in [5.74, 6) is 2.47. The molecule has 18 heavy (non-hydrogen) atoms. The van der Waals surface area contributed by atoms with Gasteiger partial charge < -0.3 is 5.11 Å². The van der Waals surface area contributed by atoms with Crippen LogP contribution in [0, 0.1) is 19.0 Å². The molecule has 2 heteroatoms. The van der Waals surface area contributed by atoms with Crippen molar-refractivity contribution in [1.29, 1.82) is 0 Å². The van der Waals surface area contributed by atoms with E-state index in [1.54, 1.807) is 24.3 Å². The molecule has 1 N–H and O–H groups in total. The van der Waals surface area contributed by atoms with E-state index in [1.807, 2.05) is 37.3 Å². The molecular weight excluding hydrogens is 224 g/mol. The Morgan fingerprint density at radius 3 is 2.44 bits per heavy atom. The molecule has 2 rings (SSSR count). The van der Waals surface area contributed by atoms with E-state index in [0.29, 0.717) is 16.7 Å². The van der Waals surface area contributed by atoms with Crippen LogP contribution in [-0.4, -0.2) is 10.9 Å². The van der Waals surface area contributed by atoms with E-state index in [9.17, 15) is 4.79 Å². The number of aryl methyl sites for hydroxylation is 1. The fraction of sp³-hybridized carbons (Fsp3) is 0.0625. The van der Waals surface area contributed by atoms with Crippen LogP contribution < -0.4 is 0 Å². The van der Waals surface area contributed by atoms with Crippen molar-refractivity contribution in [2.24, 2.45) is 0 Å². The van der Waals surface area contributed by atoms with Crippen LogP contribution in [0.4, 0.5) is 0 Å². The van der Waals surface area contributed by atoms with Gasteiger partial charge in [-0.2, -0.15) is 0 Å². The third-order valence-corrected chi connectivity index (χ3v) is 2.64. The molecule has 2 aromatic carbocycles. The SMILES string of the molecule is Cc1ccc(C(=O)c2cccc(C#CO)c2)cc1. The number of hydrogen-bond acceptors (Lipinski definition) is 2. The maximum atomic E-state index is 12.2. The minimum atomic E-state index is -0.0448. The maximum absolute atomic E-state index is 12.2. The average Bonchev–Trinajstić information content (AvgIpc) is 2.39. The normalized spacial score (nSPS) is 9.39. The summed E-state index contributed by atoms with van der Waals surface area (Å²) < 4.78 is 0. The van der Waals surface area contributed by atoms with Crippen molar-refractivity contribution in [3.8, 4) is 12.0 Å². The molecule has 0 fully saturated rings. The summed E-state index contributed by atoms with van der Waals surface area (Å²) in [6, 6.07) is 14.3. The van der Waals surface area contributed by atoms with Gasteiger partial charge >= 0.3 is 0 Å². The lowest BCUT2D eigenvalue weighted by molar-refractivity contribution is 0.103. The van der Waals surface area contributed by atoms with E-state index >= 15 is 0 Å². The van der Waals surface area contributed by atoms with Crippen LogP contribution in [-0.2, 0) is 0 Å². The molecule has 88 valence electrons. The van der Waals surface area contributed by atoms with Gasteiger partial charge in [-0.15, -0.1) is 0 Å². The summed E-state index contributed by atoms with van der Waals surface area (Å²) in [5.41, 5.74) is 2.95. The second-order valence-corrected chi connectivity index (χ2v) is 4.01. The predicted molar refractivity (Wildman–Crippen MR) is 69.9 cm³/mol.